The van der Waals surface area contributed by atoms with Gasteiger partial charge in [-0.15, -0.1) is 0 Å². The minimum Gasteiger partial charge on any atom is -0.393 e. The van der Waals surface area contributed by atoms with E-state index >= 15 is 0 Å². The number of aromatic nitrogens is 4. The number of nitrogens with zero attached hydrogens (tertiary/aromatic N) is 4. The van der Waals surface area contributed by atoms with Gasteiger partial charge in [-0.05, 0) is 6.07 Å². The van der Waals surface area contributed by atoms with Gasteiger partial charge in [-0.2, -0.15) is 5.10 Å². The topological polar surface area (TPSA) is 87.8 Å². The molecular formula is C10H13N5O2. The van der Waals surface area contributed by atoms with E-state index < -0.39 is 11.2 Å². The van der Waals surface area contributed by atoms with Gasteiger partial charge in [0.05, 0.1) is 12.2 Å². The van der Waals surface area contributed by atoms with Crippen LogP contribution in [0.2, 0.25) is 0 Å². The van der Waals surface area contributed by atoms with E-state index in [1.165, 1.54) is 10.8 Å². The zero-order chi connectivity index (χ0) is 12.6. The van der Waals surface area contributed by atoms with E-state index in [4.69, 9.17) is 5.73 Å². The van der Waals surface area contributed by atoms with E-state index in [1.807, 2.05) is 0 Å². The fraction of sp³-hybridized carbons (Fsp3) is 0.300. The largest absolute Gasteiger partial charge is 0.393 e. The third-order valence-corrected chi connectivity index (χ3v) is 2.45. The second-order valence-electron chi connectivity index (χ2n) is 3.85. The molecule has 0 fully saturated rings. The Balaban J connectivity index is 2.53. The van der Waals surface area contributed by atoms with Crippen LogP contribution in [0, 0.1) is 0 Å². The van der Waals surface area contributed by atoms with Crippen molar-refractivity contribution in [3.8, 4) is 0 Å². The molecule has 0 aliphatic heterocycles. The molecule has 7 heteroatoms. The second kappa shape index (κ2) is 3.93. The van der Waals surface area contributed by atoms with Crippen LogP contribution in [0.15, 0.2) is 28.0 Å². The van der Waals surface area contributed by atoms with Crippen LogP contribution >= 0.6 is 0 Å². The van der Waals surface area contributed by atoms with E-state index in [9.17, 15) is 9.59 Å². The molecule has 17 heavy (non-hydrogen) atoms. The summed E-state index contributed by atoms with van der Waals surface area (Å²) in [5, 5.41) is 4.12. The van der Waals surface area contributed by atoms with Crippen molar-refractivity contribution in [1.82, 2.24) is 18.9 Å². The zero-order valence-electron chi connectivity index (χ0n) is 9.62. The highest BCUT2D eigenvalue weighted by molar-refractivity contribution is 5.31. The lowest BCUT2D eigenvalue weighted by Crippen LogP contribution is -2.40. The predicted molar refractivity (Wildman–Crippen MR) is 62.7 cm³/mol. The molecule has 0 unspecified atom stereocenters. The zero-order valence-corrected chi connectivity index (χ0v) is 9.62. The quantitative estimate of drug-likeness (QED) is 0.716. The molecule has 0 aliphatic rings. The molecular weight excluding hydrogens is 222 g/mol. The van der Waals surface area contributed by atoms with Crippen molar-refractivity contribution in [2.45, 2.75) is 6.54 Å². The minimum atomic E-state index is -0.487. The summed E-state index contributed by atoms with van der Waals surface area (Å²) in [6.45, 7) is 0.122. The van der Waals surface area contributed by atoms with Crippen LogP contribution in [0.1, 0.15) is 5.69 Å². The van der Waals surface area contributed by atoms with Crippen molar-refractivity contribution in [1.29, 1.82) is 0 Å². The molecule has 0 saturated heterocycles. The fourth-order valence-electron chi connectivity index (χ4n) is 1.60. The summed E-state index contributed by atoms with van der Waals surface area (Å²) in [4.78, 5) is 23.5. The van der Waals surface area contributed by atoms with Crippen molar-refractivity contribution < 1.29 is 0 Å². The number of nitrogen functional groups attached to an aromatic ring is 1. The standard InChI is InChI=1S/C10H13N5O2/c1-13-6-8(11)9(16)15(10(13)17)5-7-3-4-14(2)12-7/h3-4,6H,5,11H2,1-2H3. The molecule has 7 nitrogen and oxygen atoms in total. The monoisotopic (exact) mass is 235 g/mol. The summed E-state index contributed by atoms with van der Waals surface area (Å²) in [5.41, 5.74) is 5.32. The van der Waals surface area contributed by atoms with Crippen molar-refractivity contribution >= 4 is 5.69 Å². The first kappa shape index (κ1) is 11.2. The van der Waals surface area contributed by atoms with E-state index in [-0.39, 0.29) is 12.2 Å². The number of hydrogen-bond donors (Lipinski definition) is 1. The first-order chi connectivity index (χ1) is 7.99. The second-order valence-corrected chi connectivity index (χ2v) is 3.85. The van der Waals surface area contributed by atoms with Gasteiger partial charge in [-0.1, -0.05) is 0 Å². The summed E-state index contributed by atoms with van der Waals surface area (Å²) in [7, 11) is 3.32. The SMILES string of the molecule is Cn1ccc(Cn2c(=O)c(N)cn(C)c2=O)n1. The maximum atomic E-state index is 11.8. The maximum absolute atomic E-state index is 11.8. The van der Waals surface area contributed by atoms with Gasteiger partial charge in [-0.3, -0.25) is 14.0 Å². The number of rotatable bonds is 2. The Morgan fingerprint density at radius 3 is 2.65 bits per heavy atom. The van der Waals surface area contributed by atoms with Crippen LogP contribution in [0.5, 0.6) is 0 Å². The highest BCUT2D eigenvalue weighted by atomic mass is 16.2. The molecule has 2 rings (SSSR count). The Kier molecular flexibility index (Phi) is 2.58. The van der Waals surface area contributed by atoms with E-state index in [0.717, 1.165) is 4.57 Å². The molecule has 2 aromatic rings. The highest BCUT2D eigenvalue weighted by Crippen LogP contribution is 1.96. The lowest BCUT2D eigenvalue weighted by molar-refractivity contribution is 0.623. The van der Waals surface area contributed by atoms with Gasteiger partial charge in [0.1, 0.15) is 5.69 Å². The average Bonchev–Trinajstić information content (AvgIpc) is 2.68. The van der Waals surface area contributed by atoms with E-state index in [1.54, 1.807) is 31.0 Å². The summed E-state index contributed by atoms with van der Waals surface area (Å²) in [6.07, 6.45) is 3.07. The summed E-state index contributed by atoms with van der Waals surface area (Å²) in [5.74, 6) is 0. The Bertz CT molecular complexity index is 630. The van der Waals surface area contributed by atoms with Crippen LogP contribution in [0.25, 0.3) is 0 Å². The lowest BCUT2D eigenvalue weighted by Gasteiger charge is -2.06. The number of hydrogen-bond acceptors (Lipinski definition) is 4. The van der Waals surface area contributed by atoms with Crippen molar-refractivity contribution in [3.63, 3.8) is 0 Å². The van der Waals surface area contributed by atoms with Gasteiger partial charge in [0, 0.05) is 26.5 Å². The van der Waals surface area contributed by atoms with Gasteiger partial charge in [0.15, 0.2) is 0 Å². The lowest BCUT2D eigenvalue weighted by atomic mass is 10.4. The van der Waals surface area contributed by atoms with Crippen LogP contribution < -0.4 is 17.0 Å². The molecule has 0 aromatic carbocycles. The molecule has 0 saturated carbocycles. The van der Waals surface area contributed by atoms with Crippen LogP contribution in [0.3, 0.4) is 0 Å². The summed E-state index contributed by atoms with van der Waals surface area (Å²) < 4.78 is 3.95. The van der Waals surface area contributed by atoms with Gasteiger partial charge < -0.3 is 10.3 Å². The third kappa shape index (κ3) is 1.99. The molecule has 2 aromatic heterocycles. The Morgan fingerprint density at radius 1 is 1.35 bits per heavy atom. The molecule has 90 valence electrons. The third-order valence-electron chi connectivity index (χ3n) is 2.45. The smallest absolute Gasteiger partial charge is 0.331 e. The van der Waals surface area contributed by atoms with E-state index in [2.05, 4.69) is 5.10 Å². The molecule has 0 radical (unpaired) electrons. The van der Waals surface area contributed by atoms with Crippen molar-refractivity contribution in [2.75, 3.05) is 5.73 Å². The van der Waals surface area contributed by atoms with Crippen molar-refractivity contribution in [2.24, 2.45) is 14.1 Å². The number of nitrogens with two attached hydrogens (primary N) is 1. The van der Waals surface area contributed by atoms with Gasteiger partial charge in [0.25, 0.3) is 5.56 Å². The minimum absolute atomic E-state index is 0.0445. The number of aryl methyl sites for hydroxylation is 2. The fourth-order valence-corrected chi connectivity index (χ4v) is 1.60. The first-order valence-corrected chi connectivity index (χ1v) is 5.03. The molecule has 2 heterocycles. The van der Waals surface area contributed by atoms with Crippen LogP contribution in [-0.4, -0.2) is 18.9 Å². The molecule has 2 N–H and O–H groups in total. The number of anilines is 1. The Morgan fingerprint density at radius 2 is 2.06 bits per heavy atom. The average molecular weight is 235 g/mol. The molecule has 0 spiro atoms. The van der Waals surface area contributed by atoms with Crippen LogP contribution in [-0.2, 0) is 20.6 Å². The molecule has 0 bridgehead atoms. The van der Waals surface area contributed by atoms with Gasteiger partial charge >= 0.3 is 5.69 Å². The molecule has 0 amide bonds. The predicted octanol–water partition coefficient (Wildman–Crippen LogP) is -1.09. The first-order valence-electron chi connectivity index (χ1n) is 5.03. The van der Waals surface area contributed by atoms with Crippen LogP contribution in [0.4, 0.5) is 5.69 Å². The molecule has 0 atom stereocenters. The van der Waals surface area contributed by atoms with E-state index in [0.29, 0.717) is 5.69 Å². The molecule has 0 aliphatic carbocycles. The Hall–Kier alpha value is -2.31. The summed E-state index contributed by atoms with van der Waals surface area (Å²) in [6, 6.07) is 1.75. The van der Waals surface area contributed by atoms with Gasteiger partial charge in [0.2, 0.25) is 0 Å². The summed E-state index contributed by atoms with van der Waals surface area (Å²) >= 11 is 0. The van der Waals surface area contributed by atoms with Gasteiger partial charge in [-0.25, -0.2) is 4.79 Å². The maximum Gasteiger partial charge on any atom is 0.331 e. The highest BCUT2D eigenvalue weighted by Gasteiger charge is 2.09. The van der Waals surface area contributed by atoms with Crippen molar-refractivity contribution in [3.05, 3.63) is 45.0 Å². The normalized spacial score (nSPS) is 10.7. The Labute approximate surface area is 96.7 Å².